The molecule has 1 aliphatic heterocycles. The minimum absolute atomic E-state index is 0.291. The van der Waals surface area contributed by atoms with Crippen molar-refractivity contribution in [1.82, 2.24) is 4.90 Å². The second kappa shape index (κ2) is 3.12. The Hall–Kier alpha value is -0.420. The molecule has 0 aliphatic carbocycles. The third kappa shape index (κ3) is 1.54. The Labute approximate surface area is 61.3 Å². The molecule has 0 saturated carbocycles. The number of carbonyl (C=O) groups is 1. The lowest BCUT2D eigenvalue weighted by Gasteiger charge is -2.10. The Kier molecular flexibility index (Phi) is 2.39. The maximum Gasteiger partial charge on any atom is 0.249 e. The smallest absolute Gasteiger partial charge is 0.249 e. The lowest BCUT2D eigenvalue weighted by atomic mass is 10.5. The number of amides is 1. The van der Waals surface area contributed by atoms with E-state index in [9.17, 15) is 9.00 Å². The number of nitrogens with zero attached hydrogens (tertiary/aromatic N) is 1. The van der Waals surface area contributed by atoms with Crippen molar-refractivity contribution in [1.29, 1.82) is 0 Å². The SMILES string of the molecule is O=C(CO)N1CCS(=O)C1. The molecule has 5 heteroatoms. The molecule has 1 saturated heterocycles. The summed E-state index contributed by atoms with van der Waals surface area (Å²) in [5.74, 6) is 0.511. The lowest BCUT2D eigenvalue weighted by Crippen LogP contribution is -2.30. The van der Waals surface area contributed by atoms with Crippen LogP contribution in [-0.4, -0.2) is 44.9 Å². The number of hydrogen-bond donors (Lipinski definition) is 1. The summed E-state index contributed by atoms with van der Waals surface area (Å²) in [6.07, 6.45) is 0. The van der Waals surface area contributed by atoms with Gasteiger partial charge in [-0.1, -0.05) is 0 Å². The first-order chi connectivity index (χ1) is 4.74. The number of aliphatic hydroxyl groups is 1. The molecule has 1 amide bonds. The number of rotatable bonds is 1. The van der Waals surface area contributed by atoms with Gasteiger partial charge in [0, 0.05) is 23.1 Å². The fourth-order valence-electron chi connectivity index (χ4n) is 0.812. The summed E-state index contributed by atoms with van der Waals surface area (Å²) in [7, 11) is -0.881. The van der Waals surface area contributed by atoms with Crippen LogP contribution in [0, 0.1) is 0 Å². The molecule has 1 aliphatic rings. The first-order valence-electron chi connectivity index (χ1n) is 2.97. The van der Waals surface area contributed by atoms with Gasteiger partial charge in [-0.2, -0.15) is 0 Å². The van der Waals surface area contributed by atoms with E-state index in [1.54, 1.807) is 0 Å². The summed E-state index contributed by atoms with van der Waals surface area (Å²) in [6.45, 7) is 0.0448. The Balaban J connectivity index is 2.44. The van der Waals surface area contributed by atoms with Gasteiger partial charge in [0.1, 0.15) is 6.61 Å². The standard InChI is InChI=1S/C5H9NO3S/c7-3-5(8)6-1-2-10(9)4-6/h7H,1-4H2. The molecule has 0 aromatic heterocycles. The molecule has 0 bridgehead atoms. The van der Waals surface area contributed by atoms with Gasteiger partial charge >= 0.3 is 0 Å². The van der Waals surface area contributed by atoms with Gasteiger partial charge in [-0.05, 0) is 0 Å². The van der Waals surface area contributed by atoms with Crippen LogP contribution in [0.5, 0.6) is 0 Å². The highest BCUT2D eigenvalue weighted by molar-refractivity contribution is 7.85. The van der Waals surface area contributed by atoms with Crippen molar-refractivity contribution in [3.05, 3.63) is 0 Å². The Morgan fingerprint density at radius 3 is 2.80 bits per heavy atom. The van der Waals surface area contributed by atoms with Gasteiger partial charge in [-0.15, -0.1) is 0 Å². The molecule has 10 heavy (non-hydrogen) atoms. The molecule has 4 nitrogen and oxygen atoms in total. The highest BCUT2D eigenvalue weighted by Crippen LogP contribution is 2.02. The molecule has 1 heterocycles. The Bertz CT molecular complexity index is 170. The third-order valence-electron chi connectivity index (χ3n) is 1.38. The van der Waals surface area contributed by atoms with E-state index in [0.717, 1.165) is 0 Å². The van der Waals surface area contributed by atoms with Crippen LogP contribution in [0.1, 0.15) is 0 Å². The summed E-state index contributed by atoms with van der Waals surface area (Å²) >= 11 is 0. The average molecular weight is 163 g/mol. The van der Waals surface area contributed by atoms with Crippen LogP contribution >= 0.6 is 0 Å². The topological polar surface area (TPSA) is 57.6 Å². The van der Waals surface area contributed by atoms with Crippen molar-refractivity contribution in [2.75, 3.05) is 24.8 Å². The first kappa shape index (κ1) is 7.68. The van der Waals surface area contributed by atoms with E-state index < -0.39 is 17.4 Å². The zero-order chi connectivity index (χ0) is 7.56. The van der Waals surface area contributed by atoms with Crippen LogP contribution in [0.3, 0.4) is 0 Å². The number of hydrogen-bond acceptors (Lipinski definition) is 3. The summed E-state index contributed by atoms with van der Waals surface area (Å²) in [5.41, 5.74) is 0. The molecule has 58 valence electrons. The van der Waals surface area contributed by atoms with Gasteiger partial charge < -0.3 is 10.0 Å². The molecule has 1 rings (SSSR count). The van der Waals surface area contributed by atoms with Crippen LogP contribution in [0.4, 0.5) is 0 Å². The molecular weight excluding hydrogens is 154 g/mol. The van der Waals surface area contributed by atoms with Gasteiger partial charge in [-0.25, -0.2) is 0 Å². The molecule has 0 aromatic rings. The number of aliphatic hydroxyl groups excluding tert-OH is 1. The zero-order valence-electron chi connectivity index (χ0n) is 5.45. The molecular formula is C5H9NO3S. The molecule has 0 spiro atoms. The van der Waals surface area contributed by atoms with E-state index >= 15 is 0 Å². The number of carbonyl (C=O) groups excluding carboxylic acids is 1. The lowest BCUT2D eigenvalue weighted by molar-refractivity contribution is -0.132. The highest BCUT2D eigenvalue weighted by Gasteiger charge is 2.21. The second-order valence-corrected chi connectivity index (χ2v) is 3.63. The van der Waals surface area contributed by atoms with Crippen LogP contribution in [-0.2, 0) is 15.6 Å². The highest BCUT2D eigenvalue weighted by atomic mass is 32.2. The van der Waals surface area contributed by atoms with Gasteiger partial charge in [0.25, 0.3) is 0 Å². The fourth-order valence-corrected chi connectivity index (χ4v) is 1.99. The quantitative estimate of drug-likeness (QED) is 0.513. The minimum Gasteiger partial charge on any atom is -0.387 e. The predicted molar refractivity (Wildman–Crippen MR) is 36.7 cm³/mol. The van der Waals surface area contributed by atoms with E-state index in [1.165, 1.54) is 4.90 Å². The maximum absolute atomic E-state index is 10.7. The van der Waals surface area contributed by atoms with E-state index in [0.29, 0.717) is 18.2 Å². The van der Waals surface area contributed by atoms with Crippen LogP contribution in [0.25, 0.3) is 0 Å². The average Bonchev–Trinajstić information content (AvgIpc) is 2.34. The van der Waals surface area contributed by atoms with Crippen LogP contribution in [0.15, 0.2) is 0 Å². The monoisotopic (exact) mass is 163 g/mol. The minimum atomic E-state index is -0.881. The second-order valence-electron chi connectivity index (χ2n) is 2.09. The van der Waals surface area contributed by atoms with Crippen LogP contribution in [0.2, 0.25) is 0 Å². The summed E-state index contributed by atoms with van der Waals surface area (Å²) in [4.78, 5) is 12.1. The molecule has 1 fully saturated rings. The van der Waals surface area contributed by atoms with Gasteiger partial charge in [0.05, 0.1) is 5.88 Å². The molecule has 0 aromatic carbocycles. The molecule has 1 N–H and O–H groups in total. The summed E-state index contributed by atoms with van der Waals surface area (Å²) in [5, 5.41) is 8.39. The van der Waals surface area contributed by atoms with Crippen molar-refractivity contribution in [3.8, 4) is 0 Å². The fraction of sp³-hybridized carbons (Fsp3) is 0.800. The van der Waals surface area contributed by atoms with Crippen LogP contribution < -0.4 is 0 Å². The van der Waals surface area contributed by atoms with Gasteiger partial charge in [0.15, 0.2) is 0 Å². The van der Waals surface area contributed by atoms with Gasteiger partial charge in [0.2, 0.25) is 5.91 Å². The first-order valence-corrected chi connectivity index (χ1v) is 4.46. The van der Waals surface area contributed by atoms with E-state index in [-0.39, 0.29) is 5.91 Å². The Morgan fingerprint density at radius 2 is 2.40 bits per heavy atom. The van der Waals surface area contributed by atoms with Crippen molar-refractivity contribution in [3.63, 3.8) is 0 Å². The Morgan fingerprint density at radius 1 is 1.70 bits per heavy atom. The zero-order valence-corrected chi connectivity index (χ0v) is 6.26. The third-order valence-corrected chi connectivity index (χ3v) is 2.61. The molecule has 1 atom stereocenters. The van der Waals surface area contributed by atoms with Gasteiger partial charge in [-0.3, -0.25) is 9.00 Å². The molecule has 0 radical (unpaired) electrons. The van der Waals surface area contributed by atoms with E-state index in [2.05, 4.69) is 0 Å². The van der Waals surface area contributed by atoms with Crippen molar-refractivity contribution in [2.24, 2.45) is 0 Å². The van der Waals surface area contributed by atoms with E-state index in [1.807, 2.05) is 0 Å². The predicted octanol–water partition coefficient (Wildman–Crippen LogP) is -1.47. The maximum atomic E-state index is 10.7. The molecule has 1 unspecified atom stereocenters. The normalized spacial score (nSPS) is 25.3. The summed E-state index contributed by atoms with van der Waals surface area (Å²) < 4.78 is 10.7. The van der Waals surface area contributed by atoms with Crippen molar-refractivity contribution in [2.45, 2.75) is 0 Å². The van der Waals surface area contributed by atoms with Crippen molar-refractivity contribution >= 4 is 16.7 Å². The summed E-state index contributed by atoms with van der Waals surface area (Å²) in [6, 6.07) is 0. The van der Waals surface area contributed by atoms with E-state index in [4.69, 9.17) is 5.11 Å². The van der Waals surface area contributed by atoms with Crippen molar-refractivity contribution < 1.29 is 14.1 Å². The largest absolute Gasteiger partial charge is 0.387 e.